The molecular formula is C14H14OS. The van der Waals surface area contributed by atoms with Crippen LogP contribution in [0.15, 0.2) is 36.4 Å². The van der Waals surface area contributed by atoms with E-state index in [1.54, 1.807) is 0 Å². The van der Waals surface area contributed by atoms with Crippen molar-refractivity contribution < 1.29 is 5.11 Å². The summed E-state index contributed by atoms with van der Waals surface area (Å²) in [6, 6.07) is 10.8. The van der Waals surface area contributed by atoms with Gasteiger partial charge in [0.25, 0.3) is 0 Å². The van der Waals surface area contributed by atoms with E-state index in [9.17, 15) is 5.11 Å². The number of benzene rings is 1. The molecule has 0 saturated carbocycles. The van der Waals surface area contributed by atoms with Crippen molar-refractivity contribution in [3.8, 4) is 0 Å². The molecule has 1 unspecified atom stereocenters. The van der Waals surface area contributed by atoms with Gasteiger partial charge in [-0.25, -0.2) is 0 Å². The maximum Gasteiger partial charge on any atom is 0.0578 e. The van der Waals surface area contributed by atoms with E-state index in [-0.39, 0.29) is 6.10 Å². The SMILES string of the molecule is OC1CC=C(c2cc3ccccc3s2)CC1. The second-order valence-electron chi connectivity index (χ2n) is 4.31. The summed E-state index contributed by atoms with van der Waals surface area (Å²) in [5.41, 5.74) is 1.41. The van der Waals surface area contributed by atoms with Gasteiger partial charge in [0.15, 0.2) is 0 Å². The van der Waals surface area contributed by atoms with Gasteiger partial charge >= 0.3 is 0 Å². The van der Waals surface area contributed by atoms with Gasteiger partial charge in [-0.15, -0.1) is 11.3 Å². The fourth-order valence-electron chi connectivity index (χ4n) is 2.18. The van der Waals surface area contributed by atoms with Gasteiger partial charge in [0.05, 0.1) is 6.10 Å². The summed E-state index contributed by atoms with van der Waals surface area (Å²) < 4.78 is 1.35. The molecule has 0 spiro atoms. The summed E-state index contributed by atoms with van der Waals surface area (Å²) in [7, 11) is 0. The first kappa shape index (κ1) is 10.1. The number of aliphatic hydroxyl groups excluding tert-OH is 1. The molecule has 2 heteroatoms. The van der Waals surface area contributed by atoms with Crippen molar-refractivity contribution in [2.45, 2.75) is 25.4 Å². The highest BCUT2D eigenvalue weighted by atomic mass is 32.1. The van der Waals surface area contributed by atoms with Crippen LogP contribution in [0, 0.1) is 0 Å². The molecule has 1 aromatic heterocycles. The summed E-state index contributed by atoms with van der Waals surface area (Å²) in [6.07, 6.45) is 4.79. The van der Waals surface area contributed by atoms with Crippen molar-refractivity contribution in [2.24, 2.45) is 0 Å². The Morgan fingerprint density at radius 3 is 2.88 bits per heavy atom. The third kappa shape index (κ3) is 1.79. The lowest BCUT2D eigenvalue weighted by Crippen LogP contribution is -2.09. The molecule has 0 bridgehead atoms. The molecule has 0 amide bonds. The van der Waals surface area contributed by atoms with Gasteiger partial charge in [-0.05, 0) is 42.4 Å². The van der Waals surface area contributed by atoms with Crippen molar-refractivity contribution in [1.82, 2.24) is 0 Å². The molecule has 82 valence electrons. The smallest absolute Gasteiger partial charge is 0.0578 e. The van der Waals surface area contributed by atoms with Crippen LogP contribution in [0.25, 0.3) is 15.7 Å². The zero-order chi connectivity index (χ0) is 11.0. The number of aliphatic hydroxyl groups is 1. The van der Waals surface area contributed by atoms with Crippen molar-refractivity contribution >= 4 is 27.0 Å². The first-order chi connectivity index (χ1) is 7.83. The molecule has 0 radical (unpaired) electrons. The lowest BCUT2D eigenvalue weighted by Gasteiger charge is -2.16. The highest BCUT2D eigenvalue weighted by Crippen LogP contribution is 2.35. The van der Waals surface area contributed by atoms with Crippen LogP contribution >= 0.6 is 11.3 Å². The number of hydrogen-bond donors (Lipinski definition) is 1. The quantitative estimate of drug-likeness (QED) is 0.789. The first-order valence-corrected chi connectivity index (χ1v) is 6.50. The van der Waals surface area contributed by atoms with Crippen molar-refractivity contribution in [3.63, 3.8) is 0 Å². The Hall–Kier alpha value is -1.12. The Morgan fingerprint density at radius 1 is 1.25 bits per heavy atom. The topological polar surface area (TPSA) is 20.2 Å². The molecule has 1 aromatic carbocycles. The van der Waals surface area contributed by atoms with Crippen LogP contribution in [-0.4, -0.2) is 11.2 Å². The van der Waals surface area contributed by atoms with Crippen LogP contribution in [0.5, 0.6) is 0 Å². The number of allylic oxidation sites excluding steroid dienone is 1. The monoisotopic (exact) mass is 230 g/mol. The van der Waals surface area contributed by atoms with E-state index in [4.69, 9.17) is 0 Å². The molecule has 16 heavy (non-hydrogen) atoms. The number of hydrogen-bond acceptors (Lipinski definition) is 2. The van der Waals surface area contributed by atoms with Crippen LogP contribution in [-0.2, 0) is 0 Å². The van der Waals surface area contributed by atoms with Gasteiger partial charge in [0.2, 0.25) is 0 Å². The maximum atomic E-state index is 9.47. The molecule has 1 atom stereocenters. The van der Waals surface area contributed by atoms with Crippen molar-refractivity contribution in [3.05, 3.63) is 41.3 Å². The van der Waals surface area contributed by atoms with Crippen molar-refractivity contribution in [2.75, 3.05) is 0 Å². The molecule has 1 N–H and O–H groups in total. The second kappa shape index (κ2) is 4.04. The van der Waals surface area contributed by atoms with Gasteiger partial charge in [0.1, 0.15) is 0 Å². The molecule has 0 saturated heterocycles. The molecule has 1 aliphatic rings. The zero-order valence-corrected chi connectivity index (χ0v) is 9.83. The van der Waals surface area contributed by atoms with Crippen LogP contribution in [0.1, 0.15) is 24.1 Å². The molecule has 0 aliphatic heterocycles. The lowest BCUT2D eigenvalue weighted by atomic mass is 9.96. The molecular weight excluding hydrogens is 216 g/mol. The highest BCUT2D eigenvalue weighted by molar-refractivity contribution is 7.20. The predicted molar refractivity (Wildman–Crippen MR) is 69.7 cm³/mol. The summed E-state index contributed by atoms with van der Waals surface area (Å²) in [5, 5.41) is 10.8. The van der Waals surface area contributed by atoms with E-state index in [1.807, 2.05) is 11.3 Å². The third-order valence-corrected chi connectivity index (χ3v) is 4.32. The molecule has 2 aromatic rings. The van der Waals surface area contributed by atoms with Crippen molar-refractivity contribution in [1.29, 1.82) is 0 Å². The zero-order valence-electron chi connectivity index (χ0n) is 9.02. The molecule has 0 fully saturated rings. The average Bonchev–Trinajstić information content (AvgIpc) is 2.73. The summed E-state index contributed by atoms with van der Waals surface area (Å²) >= 11 is 1.86. The minimum atomic E-state index is -0.127. The number of fused-ring (bicyclic) bond motifs is 1. The predicted octanol–water partition coefficient (Wildman–Crippen LogP) is 3.83. The summed E-state index contributed by atoms with van der Waals surface area (Å²) in [6.45, 7) is 0. The summed E-state index contributed by atoms with van der Waals surface area (Å²) in [4.78, 5) is 1.37. The third-order valence-electron chi connectivity index (χ3n) is 3.13. The number of rotatable bonds is 1. The summed E-state index contributed by atoms with van der Waals surface area (Å²) in [5.74, 6) is 0. The fraction of sp³-hybridized carbons (Fsp3) is 0.286. The van der Waals surface area contributed by atoms with E-state index in [0.29, 0.717) is 0 Å². The van der Waals surface area contributed by atoms with Gasteiger partial charge < -0.3 is 5.11 Å². The van der Waals surface area contributed by atoms with Gasteiger partial charge in [0, 0.05) is 9.58 Å². The molecule has 1 heterocycles. The fourth-order valence-corrected chi connectivity index (χ4v) is 3.31. The Kier molecular flexibility index (Phi) is 2.54. The Balaban J connectivity index is 2.00. The van der Waals surface area contributed by atoms with Crippen LogP contribution in [0.2, 0.25) is 0 Å². The minimum absolute atomic E-state index is 0.127. The van der Waals surface area contributed by atoms with E-state index in [1.165, 1.54) is 20.5 Å². The largest absolute Gasteiger partial charge is 0.393 e. The van der Waals surface area contributed by atoms with E-state index in [2.05, 4.69) is 36.4 Å². The number of thiophene rings is 1. The lowest BCUT2D eigenvalue weighted by molar-refractivity contribution is 0.166. The first-order valence-electron chi connectivity index (χ1n) is 5.69. The van der Waals surface area contributed by atoms with Gasteiger partial charge in [-0.1, -0.05) is 24.3 Å². The van der Waals surface area contributed by atoms with Crippen LogP contribution in [0.3, 0.4) is 0 Å². The molecule has 1 nitrogen and oxygen atoms in total. The van der Waals surface area contributed by atoms with E-state index >= 15 is 0 Å². The van der Waals surface area contributed by atoms with Crippen LogP contribution in [0.4, 0.5) is 0 Å². The minimum Gasteiger partial charge on any atom is -0.393 e. The normalized spacial score (nSPS) is 21.1. The standard InChI is InChI=1S/C14H14OS/c15-12-7-5-10(6-8-12)14-9-11-3-1-2-4-13(11)16-14/h1-5,9,12,15H,6-8H2. The van der Waals surface area contributed by atoms with Gasteiger partial charge in [-0.3, -0.25) is 0 Å². The Bertz CT molecular complexity index is 505. The van der Waals surface area contributed by atoms with E-state index in [0.717, 1.165) is 19.3 Å². The molecule has 1 aliphatic carbocycles. The Labute approximate surface area is 99.0 Å². The van der Waals surface area contributed by atoms with Gasteiger partial charge in [-0.2, -0.15) is 0 Å². The highest BCUT2D eigenvalue weighted by Gasteiger charge is 2.14. The Morgan fingerprint density at radius 2 is 2.12 bits per heavy atom. The van der Waals surface area contributed by atoms with E-state index < -0.39 is 0 Å². The average molecular weight is 230 g/mol. The second-order valence-corrected chi connectivity index (χ2v) is 5.39. The molecule has 3 rings (SSSR count). The van der Waals surface area contributed by atoms with Crippen LogP contribution < -0.4 is 0 Å². The maximum absolute atomic E-state index is 9.47.